The number of nitrogens with two attached hydrogens (primary N) is 1. The van der Waals surface area contributed by atoms with Crippen molar-refractivity contribution in [3.8, 4) is 0 Å². The Morgan fingerprint density at radius 3 is 2.69 bits per heavy atom. The number of amides is 2. The summed E-state index contributed by atoms with van der Waals surface area (Å²) in [4.78, 5) is 47.5. The molecule has 7 N–H and O–H groups in total. The highest BCUT2D eigenvalue weighted by Crippen LogP contribution is 2.40. The average molecular weight is 587 g/mol. The fourth-order valence-corrected chi connectivity index (χ4v) is 5.06. The van der Waals surface area contributed by atoms with Crippen LogP contribution in [0, 0.1) is 0 Å². The first-order valence-electron chi connectivity index (χ1n) is 11.5. The monoisotopic (exact) mass is 586 g/mol. The van der Waals surface area contributed by atoms with E-state index in [0.29, 0.717) is 18.8 Å². The van der Waals surface area contributed by atoms with Gasteiger partial charge in [-0.15, -0.1) is 11.3 Å². The largest absolute Gasteiger partial charge is 0.478 e. The Morgan fingerprint density at radius 2 is 2.10 bits per heavy atom. The highest BCUT2D eigenvalue weighted by atomic mass is 32.2. The van der Waals surface area contributed by atoms with Gasteiger partial charge >= 0.3 is 16.3 Å². The predicted molar refractivity (Wildman–Crippen MR) is 134 cm³/mol. The lowest BCUT2D eigenvalue weighted by molar-refractivity contribution is -0.153. The van der Waals surface area contributed by atoms with Crippen molar-refractivity contribution in [3.63, 3.8) is 0 Å². The second kappa shape index (κ2) is 11.2. The fourth-order valence-electron chi connectivity index (χ4n) is 3.64. The number of anilines is 1. The molecule has 1 saturated heterocycles. The molecule has 2 amide bonds. The molecule has 2 aliphatic rings. The van der Waals surface area contributed by atoms with E-state index in [1.165, 1.54) is 11.6 Å². The van der Waals surface area contributed by atoms with Gasteiger partial charge in [-0.05, 0) is 7.05 Å². The zero-order valence-electron chi connectivity index (χ0n) is 20.5. The van der Waals surface area contributed by atoms with E-state index in [1.807, 2.05) is 7.05 Å². The summed E-state index contributed by atoms with van der Waals surface area (Å²) in [7, 11) is -3.16. The van der Waals surface area contributed by atoms with E-state index in [2.05, 4.69) is 36.3 Å². The van der Waals surface area contributed by atoms with Crippen LogP contribution in [0.5, 0.6) is 0 Å². The summed E-state index contributed by atoms with van der Waals surface area (Å²) in [5, 5.41) is 31.2. The predicted octanol–water partition coefficient (Wildman–Crippen LogP) is -2.84. The molecule has 4 rings (SSSR count). The Morgan fingerprint density at radius 1 is 1.36 bits per heavy atom. The van der Waals surface area contributed by atoms with Crippen molar-refractivity contribution >= 4 is 50.3 Å². The molecule has 1 aliphatic carbocycles. The number of nitrogens with zero attached hydrogens (tertiary/aromatic N) is 6. The van der Waals surface area contributed by atoms with Gasteiger partial charge in [-0.25, -0.2) is 14.1 Å². The van der Waals surface area contributed by atoms with Gasteiger partial charge in [0, 0.05) is 37.9 Å². The average Bonchev–Trinajstić information content (AvgIpc) is 3.33. The molecule has 0 radical (unpaired) electrons. The van der Waals surface area contributed by atoms with Crippen molar-refractivity contribution < 1.29 is 37.3 Å². The number of β-lactam (4-membered cyclic amide) rings is 1. The van der Waals surface area contributed by atoms with Gasteiger partial charge in [0.05, 0.1) is 18.4 Å². The molecule has 0 aromatic carbocycles. The smallest absolute Gasteiger partial charge is 0.362 e. The van der Waals surface area contributed by atoms with E-state index in [-0.39, 0.29) is 34.5 Å². The quantitative estimate of drug-likeness (QED) is 0.0429. The number of aliphatic carboxylic acids is 1. The van der Waals surface area contributed by atoms with Gasteiger partial charge in [0.15, 0.2) is 10.8 Å². The van der Waals surface area contributed by atoms with Crippen LogP contribution in [0.15, 0.2) is 16.7 Å². The standard InChI is InChI=1S/C19H26N10O8S2/c1-21-4-5-22-6-10-7-23-28(26-10)8-12-14(16(31)29(12)39(34,35)36)25-15(30)13(11-9-38-18(20)24-11)27-37-19(2-3-19)17(32)33/h7,9,12,14,21-22H,2-6,8H2,1H3,(H2,20,24)(H,25,30)(H,32,33)(H,34,35,36). The second-order valence-corrected chi connectivity index (χ2v) is 10.9. The number of hydrogen-bond donors (Lipinski definition) is 6. The van der Waals surface area contributed by atoms with Crippen molar-refractivity contribution in [1.29, 1.82) is 0 Å². The first kappa shape index (κ1) is 28.3. The number of carboxylic acid groups (broad SMARTS) is 1. The van der Waals surface area contributed by atoms with Crippen LogP contribution < -0.4 is 21.7 Å². The van der Waals surface area contributed by atoms with E-state index in [1.54, 1.807) is 0 Å². The van der Waals surface area contributed by atoms with Crippen LogP contribution in [0.25, 0.3) is 0 Å². The molecule has 1 aliphatic heterocycles. The van der Waals surface area contributed by atoms with Crippen molar-refractivity contribution in [2.75, 3.05) is 25.9 Å². The van der Waals surface area contributed by atoms with Crippen molar-refractivity contribution in [2.24, 2.45) is 5.16 Å². The van der Waals surface area contributed by atoms with Gasteiger partial charge in [0.2, 0.25) is 5.60 Å². The Bertz CT molecular complexity index is 1390. The minimum atomic E-state index is -4.97. The zero-order valence-corrected chi connectivity index (χ0v) is 22.1. The Balaban J connectivity index is 1.51. The number of rotatable bonds is 14. The molecule has 2 aromatic rings. The van der Waals surface area contributed by atoms with Gasteiger partial charge < -0.3 is 31.6 Å². The van der Waals surface area contributed by atoms with Crippen LogP contribution in [0.4, 0.5) is 5.13 Å². The molecule has 20 heteroatoms. The summed E-state index contributed by atoms with van der Waals surface area (Å²) >= 11 is 0.979. The number of carbonyl (C=O) groups excluding carboxylic acids is 2. The third-order valence-corrected chi connectivity index (χ3v) is 7.50. The molecule has 2 unspecified atom stereocenters. The van der Waals surface area contributed by atoms with E-state index < -0.39 is 51.5 Å². The maximum absolute atomic E-state index is 13.2. The zero-order chi connectivity index (χ0) is 28.4. The summed E-state index contributed by atoms with van der Waals surface area (Å²) in [5.74, 6) is -3.38. The highest BCUT2D eigenvalue weighted by Gasteiger charge is 2.56. The summed E-state index contributed by atoms with van der Waals surface area (Å²) < 4.78 is 33.5. The molecule has 212 valence electrons. The molecule has 2 fully saturated rings. The number of likely N-dealkylation sites (N-methyl/N-ethyl adjacent to an activating group) is 1. The number of oxime groups is 1. The number of aromatic nitrogens is 4. The van der Waals surface area contributed by atoms with Crippen molar-refractivity contribution in [3.05, 3.63) is 23.0 Å². The summed E-state index contributed by atoms with van der Waals surface area (Å²) in [6.07, 6.45) is 1.80. The molecule has 1 saturated carbocycles. The molecule has 2 aromatic heterocycles. The molecule has 3 heterocycles. The number of carbonyl (C=O) groups is 3. The van der Waals surface area contributed by atoms with Gasteiger partial charge in [-0.1, -0.05) is 5.16 Å². The molecule has 39 heavy (non-hydrogen) atoms. The Hall–Kier alpha value is -3.72. The van der Waals surface area contributed by atoms with E-state index in [4.69, 9.17) is 10.6 Å². The molecular formula is C19H26N10O8S2. The maximum Gasteiger partial charge on any atom is 0.362 e. The molecule has 18 nitrogen and oxygen atoms in total. The summed E-state index contributed by atoms with van der Waals surface area (Å²) in [6, 6.07) is -2.72. The van der Waals surface area contributed by atoms with Gasteiger partial charge in [-0.2, -0.15) is 23.4 Å². The lowest BCUT2D eigenvalue weighted by Gasteiger charge is -2.43. The lowest BCUT2D eigenvalue weighted by atomic mass is 9.98. The SMILES string of the molecule is CNCCNCc1cnn(CC2C(NC(=O)C(=NOC3(C(=O)O)CC3)c3csc(N)n3)C(=O)N2S(=O)(=O)O)n1. The number of nitrogen functional groups attached to an aromatic ring is 1. The van der Waals surface area contributed by atoms with Crippen LogP contribution in [-0.4, -0.2) is 104 Å². The fraction of sp³-hybridized carbons (Fsp3) is 0.526. The van der Waals surface area contributed by atoms with Crippen LogP contribution in [0.2, 0.25) is 0 Å². The third kappa shape index (κ3) is 6.30. The minimum Gasteiger partial charge on any atom is -0.478 e. The molecule has 2 atom stereocenters. The van der Waals surface area contributed by atoms with Gasteiger partial charge in [0.25, 0.3) is 11.8 Å². The summed E-state index contributed by atoms with van der Waals surface area (Å²) in [6.45, 7) is 1.48. The van der Waals surface area contributed by atoms with Crippen LogP contribution in [0.3, 0.4) is 0 Å². The lowest BCUT2D eigenvalue weighted by Crippen LogP contribution is -2.73. The molecule has 0 spiro atoms. The molecular weight excluding hydrogens is 560 g/mol. The van der Waals surface area contributed by atoms with Gasteiger partial charge in [-0.3, -0.25) is 14.1 Å². The maximum atomic E-state index is 13.2. The third-order valence-electron chi connectivity index (χ3n) is 5.88. The first-order chi connectivity index (χ1) is 18.4. The Labute approximate surface area is 225 Å². The number of hydrogen-bond acceptors (Lipinski definition) is 14. The molecule has 0 bridgehead atoms. The Kier molecular flexibility index (Phi) is 8.11. The number of nitrogens with one attached hydrogen (secondary N) is 3. The topological polar surface area (TPSA) is 256 Å². The highest BCUT2D eigenvalue weighted by molar-refractivity contribution is 7.84. The van der Waals surface area contributed by atoms with Crippen molar-refractivity contribution in [2.45, 2.75) is 43.6 Å². The van der Waals surface area contributed by atoms with E-state index in [0.717, 1.165) is 22.7 Å². The summed E-state index contributed by atoms with van der Waals surface area (Å²) in [5.41, 5.74) is 4.09. The second-order valence-electron chi connectivity index (χ2n) is 8.70. The normalized spacial score (nSPS) is 20.4. The van der Waals surface area contributed by atoms with Crippen LogP contribution >= 0.6 is 11.3 Å². The van der Waals surface area contributed by atoms with E-state index in [9.17, 15) is 32.5 Å². The first-order valence-corrected chi connectivity index (χ1v) is 13.8. The van der Waals surface area contributed by atoms with Crippen LogP contribution in [-0.2, 0) is 42.6 Å². The minimum absolute atomic E-state index is 0.0460. The van der Waals surface area contributed by atoms with E-state index >= 15 is 0 Å². The van der Waals surface area contributed by atoms with Crippen LogP contribution in [0.1, 0.15) is 24.2 Å². The van der Waals surface area contributed by atoms with Crippen molar-refractivity contribution in [1.82, 2.24) is 40.2 Å². The van der Waals surface area contributed by atoms with Gasteiger partial charge in [0.1, 0.15) is 17.8 Å². The number of thiazole rings is 1. The number of carboxylic acids is 1.